The Labute approximate surface area is 365 Å². The fraction of sp³-hybridized carbons (Fsp3) is 0.478. The summed E-state index contributed by atoms with van der Waals surface area (Å²) in [6, 6.07) is 12.1. The van der Waals surface area contributed by atoms with Crippen molar-refractivity contribution >= 4 is 45.8 Å². The lowest BCUT2D eigenvalue weighted by Crippen LogP contribution is -2.55. The minimum atomic E-state index is -0.938. The molecule has 2 fully saturated rings. The van der Waals surface area contributed by atoms with Crippen LogP contribution in [0.5, 0.6) is 5.75 Å². The van der Waals surface area contributed by atoms with E-state index in [2.05, 4.69) is 57.0 Å². The average molecular weight is 865 g/mol. The molecule has 0 saturated carbocycles. The van der Waals surface area contributed by atoms with Gasteiger partial charge in [-0.15, -0.1) is 0 Å². The number of hydrogen-bond donors (Lipinski definition) is 4. The van der Waals surface area contributed by atoms with Crippen LogP contribution in [-0.2, 0) is 35.1 Å². The Bertz CT molecular complexity index is 2540. The molecule has 334 valence electrons. The van der Waals surface area contributed by atoms with Crippen molar-refractivity contribution in [1.82, 2.24) is 40.4 Å². The van der Waals surface area contributed by atoms with Gasteiger partial charge in [-0.1, -0.05) is 32.0 Å². The zero-order chi connectivity index (χ0) is 44.7. The number of methoxy groups -OCH3 is 4. The lowest BCUT2D eigenvalue weighted by Gasteiger charge is -2.33. The molecule has 7 atom stereocenters. The lowest BCUT2D eigenvalue weighted by molar-refractivity contribution is -0.139. The molecule has 8 rings (SSSR count). The van der Waals surface area contributed by atoms with Crippen molar-refractivity contribution < 1.29 is 42.9 Å². The number of likely N-dealkylation sites (tertiary alicyclic amines) is 2. The van der Waals surface area contributed by atoms with E-state index in [4.69, 9.17) is 33.7 Å². The Kier molecular flexibility index (Phi) is 12.3. The van der Waals surface area contributed by atoms with Crippen LogP contribution < -0.4 is 15.4 Å². The summed E-state index contributed by atoms with van der Waals surface area (Å²) in [4.78, 5) is 72.8. The van der Waals surface area contributed by atoms with E-state index in [9.17, 15) is 19.2 Å². The molecule has 63 heavy (non-hydrogen) atoms. The summed E-state index contributed by atoms with van der Waals surface area (Å²) in [5.74, 6) is 1.58. The highest BCUT2D eigenvalue weighted by Crippen LogP contribution is 2.44. The van der Waals surface area contributed by atoms with E-state index in [1.807, 2.05) is 26.8 Å². The number of carbonyl (C=O) groups excluding carboxylic acids is 4. The molecule has 1 unspecified atom stereocenters. The zero-order valence-corrected chi connectivity index (χ0v) is 36.9. The number of amides is 4. The molecule has 0 radical (unpaired) electrons. The molecule has 17 nitrogen and oxygen atoms in total. The predicted octanol–water partition coefficient (Wildman–Crippen LogP) is 6.39. The summed E-state index contributed by atoms with van der Waals surface area (Å²) in [5, 5.41) is 7.33. The minimum absolute atomic E-state index is 0.0854. The molecule has 0 aliphatic carbocycles. The van der Waals surface area contributed by atoms with Crippen LogP contribution in [0.15, 0.2) is 48.7 Å². The number of rotatable bonds is 12. The summed E-state index contributed by atoms with van der Waals surface area (Å²) in [6.45, 7) is 8.85. The van der Waals surface area contributed by atoms with E-state index in [0.29, 0.717) is 44.2 Å². The van der Waals surface area contributed by atoms with Gasteiger partial charge in [0.25, 0.3) is 0 Å². The number of benzene rings is 3. The van der Waals surface area contributed by atoms with Crippen molar-refractivity contribution in [2.45, 2.75) is 89.9 Å². The van der Waals surface area contributed by atoms with Crippen LogP contribution in [0.4, 0.5) is 9.59 Å². The van der Waals surface area contributed by atoms with E-state index in [1.165, 1.54) is 21.3 Å². The first-order chi connectivity index (χ1) is 30.3. The second-order valence-electron chi connectivity index (χ2n) is 17.2. The topological polar surface area (TPSA) is 202 Å². The Balaban J connectivity index is 1.05. The Hall–Kier alpha value is -6.20. The van der Waals surface area contributed by atoms with Gasteiger partial charge in [0.1, 0.15) is 36.1 Å². The summed E-state index contributed by atoms with van der Waals surface area (Å²) < 4.78 is 27.0. The summed E-state index contributed by atoms with van der Waals surface area (Å²) in [6.07, 6.45) is 1.99. The first-order valence-corrected chi connectivity index (χ1v) is 21.4. The number of H-pyrrole nitrogens is 2. The molecular weight excluding hydrogens is 809 g/mol. The molecule has 5 heterocycles. The first-order valence-electron chi connectivity index (χ1n) is 21.4. The molecule has 3 aromatic carbocycles. The van der Waals surface area contributed by atoms with E-state index in [-0.39, 0.29) is 41.8 Å². The Morgan fingerprint density at radius 3 is 2.35 bits per heavy atom. The molecule has 2 saturated heterocycles. The van der Waals surface area contributed by atoms with E-state index in [0.717, 1.165) is 61.9 Å². The number of carbonyl (C=O) groups is 4. The Morgan fingerprint density at radius 1 is 0.873 bits per heavy atom. The van der Waals surface area contributed by atoms with Crippen molar-refractivity contribution in [3.63, 3.8) is 0 Å². The van der Waals surface area contributed by atoms with Gasteiger partial charge >= 0.3 is 12.2 Å². The molecule has 0 spiro atoms. The van der Waals surface area contributed by atoms with Crippen molar-refractivity contribution in [3.8, 4) is 28.1 Å². The average Bonchev–Trinajstić information content (AvgIpc) is 4.11. The van der Waals surface area contributed by atoms with Crippen molar-refractivity contribution in [2.75, 3.05) is 41.6 Å². The van der Waals surface area contributed by atoms with Crippen molar-refractivity contribution in [2.24, 2.45) is 11.8 Å². The molecule has 0 bridgehead atoms. The highest BCUT2D eigenvalue weighted by atomic mass is 16.5. The second kappa shape index (κ2) is 17.9. The van der Waals surface area contributed by atoms with Gasteiger partial charge in [0.2, 0.25) is 11.8 Å². The Morgan fingerprint density at radius 2 is 1.63 bits per heavy atom. The third-order valence-corrected chi connectivity index (χ3v) is 12.9. The van der Waals surface area contributed by atoms with E-state index < -0.39 is 30.4 Å². The normalized spacial score (nSPS) is 20.8. The number of alkyl carbamates (subject to hydrolysis) is 2. The van der Waals surface area contributed by atoms with Crippen LogP contribution in [0.2, 0.25) is 0 Å². The smallest absolute Gasteiger partial charge is 0.407 e. The van der Waals surface area contributed by atoms with Gasteiger partial charge in [-0.2, -0.15) is 0 Å². The fourth-order valence-electron chi connectivity index (χ4n) is 9.44. The van der Waals surface area contributed by atoms with Gasteiger partial charge < -0.3 is 54.1 Å². The molecule has 2 aromatic heterocycles. The highest BCUT2D eigenvalue weighted by molar-refractivity contribution is 6.07. The van der Waals surface area contributed by atoms with Gasteiger partial charge in [0.15, 0.2) is 0 Å². The summed E-state index contributed by atoms with van der Waals surface area (Å²) in [5.41, 5.74) is 6.43. The van der Waals surface area contributed by atoms with Crippen LogP contribution >= 0.6 is 0 Å². The van der Waals surface area contributed by atoms with Crippen LogP contribution in [0.25, 0.3) is 44.2 Å². The van der Waals surface area contributed by atoms with Gasteiger partial charge in [-0.3, -0.25) is 9.59 Å². The number of aromatic amines is 2. The number of aromatic nitrogens is 4. The summed E-state index contributed by atoms with van der Waals surface area (Å²) in [7, 11) is 5.70. The van der Waals surface area contributed by atoms with Gasteiger partial charge in [0, 0.05) is 43.7 Å². The van der Waals surface area contributed by atoms with E-state index >= 15 is 0 Å². The maximum Gasteiger partial charge on any atom is 0.407 e. The quantitative estimate of drug-likeness (QED) is 0.108. The number of hydrogen-bond acceptors (Lipinski definition) is 11. The molecule has 4 N–H and O–H groups in total. The largest absolute Gasteiger partial charge is 0.488 e. The second-order valence-corrected chi connectivity index (χ2v) is 17.2. The third kappa shape index (κ3) is 8.26. The first kappa shape index (κ1) is 43.4. The molecule has 4 amide bonds. The van der Waals surface area contributed by atoms with Crippen LogP contribution in [0, 0.1) is 11.8 Å². The van der Waals surface area contributed by atoms with Crippen molar-refractivity contribution in [3.05, 3.63) is 65.9 Å². The maximum atomic E-state index is 14.1. The standard InChI is InChI=1S/C46H56N8O9/c1-23(2)38(51-45(57)61-7)43(55)53-20-26(21-59-5)15-36(53)41-47-19-34(49-41)28-10-12-30-29(16-28)22-63-37-18-31-27(17-32(30)37)11-13-33-40(31)50-42(48-33)35-14-9-24(3)54(35)44(56)39(25(4)60-6)52-46(58)62-8/h10-13,16-19,23-26,35-36,38-39H,9,14-15,20-22H2,1-8H3,(H,47,49)(H,48,50)(H,51,57)(H,52,58)/t24-,25+,26-,35-,36-,38-,39?/m0/s1. The SMILES string of the molecule is COC[C@H]1C[C@@H](c2ncc(-c3ccc4c(c3)COc3cc5c(ccc6nc([C@@H]7CC[C@H](C)N7C(=O)C(NC(=O)OC)[C@@H](C)OC)[nH]c65)cc3-4)[nH]2)N(C(=O)[C@@H](NC(=O)OC)C(C)C)C1. The van der Waals surface area contributed by atoms with Gasteiger partial charge in [-0.05, 0) is 85.4 Å². The summed E-state index contributed by atoms with van der Waals surface area (Å²) >= 11 is 0. The van der Waals surface area contributed by atoms with Gasteiger partial charge in [0.05, 0.1) is 61.9 Å². The number of ether oxygens (including phenoxy) is 5. The van der Waals surface area contributed by atoms with Gasteiger partial charge in [-0.25, -0.2) is 19.6 Å². The van der Waals surface area contributed by atoms with Crippen LogP contribution in [0.1, 0.15) is 76.3 Å². The monoisotopic (exact) mass is 864 g/mol. The van der Waals surface area contributed by atoms with E-state index in [1.54, 1.807) is 30.0 Å². The lowest BCUT2D eigenvalue weighted by atomic mass is 9.92. The number of nitrogens with zero attached hydrogens (tertiary/aromatic N) is 4. The number of imidazole rings is 2. The highest BCUT2D eigenvalue weighted by Gasteiger charge is 2.43. The predicted molar refractivity (Wildman–Crippen MR) is 234 cm³/mol. The number of fused-ring (bicyclic) bond motifs is 6. The third-order valence-electron chi connectivity index (χ3n) is 12.9. The minimum Gasteiger partial charge on any atom is -0.488 e. The van der Waals surface area contributed by atoms with Crippen molar-refractivity contribution in [1.29, 1.82) is 0 Å². The molecule has 5 aromatic rings. The molecule has 3 aliphatic rings. The van der Waals surface area contributed by atoms with Crippen LogP contribution in [-0.4, -0.2) is 120 Å². The molecule has 17 heteroatoms. The molecule has 3 aliphatic heterocycles. The fourth-order valence-corrected chi connectivity index (χ4v) is 9.44. The van der Waals surface area contributed by atoms with Crippen LogP contribution in [0.3, 0.4) is 0 Å². The zero-order valence-electron chi connectivity index (χ0n) is 36.9. The molecular formula is C46H56N8O9. The number of nitrogens with one attached hydrogen (secondary N) is 4. The maximum absolute atomic E-state index is 14.1.